The number of nitrogens with one attached hydrogen (secondary N) is 1. The summed E-state index contributed by atoms with van der Waals surface area (Å²) in [5, 5.41) is 7.42. The fraction of sp³-hybridized carbons (Fsp3) is 0.312. The Hall–Kier alpha value is -2.25. The summed E-state index contributed by atoms with van der Waals surface area (Å²) in [7, 11) is 1.60. The molecule has 0 aliphatic heterocycles. The number of fused-ring (bicyclic) bond motifs is 1. The van der Waals surface area contributed by atoms with Gasteiger partial charge in [-0.05, 0) is 32.0 Å². The van der Waals surface area contributed by atoms with Gasteiger partial charge in [-0.2, -0.15) is 0 Å². The van der Waals surface area contributed by atoms with Crippen molar-refractivity contribution < 1.29 is 14.1 Å². The number of aryl methyl sites for hydroxylation is 2. The molecule has 1 N–H and O–H groups in total. The molecule has 1 amide bonds. The fourth-order valence-corrected chi connectivity index (χ4v) is 3.16. The number of amides is 1. The van der Waals surface area contributed by atoms with Crippen molar-refractivity contribution in [3.63, 3.8) is 0 Å². The summed E-state index contributed by atoms with van der Waals surface area (Å²) in [5.74, 6) is -0.185. The summed E-state index contributed by atoms with van der Waals surface area (Å²) in [6, 6.07) is 5.81. The highest BCUT2D eigenvalue weighted by molar-refractivity contribution is 7.15. The Morgan fingerprint density at radius 1 is 1.39 bits per heavy atom. The highest BCUT2D eigenvalue weighted by atomic mass is 32.1. The summed E-state index contributed by atoms with van der Waals surface area (Å²) < 4.78 is 10.2. The first kappa shape index (κ1) is 15.6. The smallest absolute Gasteiger partial charge is 0.259 e. The van der Waals surface area contributed by atoms with Gasteiger partial charge in [-0.15, -0.1) is 11.3 Å². The van der Waals surface area contributed by atoms with E-state index in [0.29, 0.717) is 41.2 Å². The van der Waals surface area contributed by atoms with Gasteiger partial charge in [0.25, 0.3) is 11.6 Å². The third-order valence-electron chi connectivity index (χ3n) is 3.45. The minimum absolute atomic E-state index is 0.185. The number of rotatable bonds is 5. The lowest BCUT2D eigenvalue weighted by Gasteiger charge is -2.07. The minimum Gasteiger partial charge on any atom is -0.383 e. The van der Waals surface area contributed by atoms with Crippen LogP contribution in [0.25, 0.3) is 21.7 Å². The topological polar surface area (TPSA) is 77.2 Å². The number of nitrogens with zero attached hydrogens (tertiary/aromatic N) is 2. The lowest BCUT2D eigenvalue weighted by Crippen LogP contribution is -2.27. The summed E-state index contributed by atoms with van der Waals surface area (Å²) in [5.41, 5.74) is 2.26. The largest absolute Gasteiger partial charge is 0.383 e. The molecule has 6 nitrogen and oxygen atoms in total. The average Bonchev–Trinajstić information content (AvgIpc) is 3.13. The Balaban J connectivity index is 2.06. The zero-order valence-corrected chi connectivity index (χ0v) is 14.0. The van der Waals surface area contributed by atoms with Crippen LogP contribution in [0.1, 0.15) is 20.9 Å². The standard InChI is InChI=1S/C16H17N3O3S/c1-9-4-5-13(23-9)12-8-11(15(20)17-6-7-21-3)14-10(2)19-22-16(14)18-12/h4-5,8H,6-7H2,1-3H3,(H,17,20). The van der Waals surface area contributed by atoms with E-state index in [2.05, 4.69) is 15.5 Å². The third kappa shape index (κ3) is 3.11. The molecule has 23 heavy (non-hydrogen) atoms. The van der Waals surface area contributed by atoms with Crippen LogP contribution in [-0.2, 0) is 4.74 Å². The van der Waals surface area contributed by atoms with Gasteiger partial charge in [0.05, 0.1) is 33.8 Å². The van der Waals surface area contributed by atoms with Crippen LogP contribution in [0.4, 0.5) is 0 Å². The van der Waals surface area contributed by atoms with Crippen LogP contribution in [0.15, 0.2) is 22.7 Å². The van der Waals surface area contributed by atoms with E-state index in [9.17, 15) is 4.79 Å². The van der Waals surface area contributed by atoms with Gasteiger partial charge in [-0.1, -0.05) is 5.16 Å². The molecular weight excluding hydrogens is 314 g/mol. The number of hydrogen-bond acceptors (Lipinski definition) is 6. The van der Waals surface area contributed by atoms with Gasteiger partial charge in [0.15, 0.2) is 0 Å². The predicted molar refractivity (Wildman–Crippen MR) is 88.8 cm³/mol. The molecule has 0 saturated carbocycles. The van der Waals surface area contributed by atoms with E-state index in [4.69, 9.17) is 9.26 Å². The molecule has 0 unspecified atom stereocenters. The Labute approximate surface area is 137 Å². The van der Waals surface area contributed by atoms with Gasteiger partial charge >= 0.3 is 0 Å². The van der Waals surface area contributed by atoms with Gasteiger partial charge in [-0.3, -0.25) is 4.79 Å². The van der Waals surface area contributed by atoms with Crippen LogP contribution >= 0.6 is 11.3 Å². The van der Waals surface area contributed by atoms with Crippen molar-refractivity contribution in [1.29, 1.82) is 0 Å². The first-order valence-corrected chi connectivity index (χ1v) is 8.02. The molecule has 0 aromatic carbocycles. The van der Waals surface area contributed by atoms with E-state index in [1.807, 2.05) is 19.1 Å². The molecule has 120 valence electrons. The van der Waals surface area contributed by atoms with Crippen molar-refractivity contribution in [2.24, 2.45) is 0 Å². The Morgan fingerprint density at radius 3 is 2.91 bits per heavy atom. The van der Waals surface area contributed by atoms with E-state index in [1.54, 1.807) is 31.4 Å². The van der Waals surface area contributed by atoms with Crippen molar-refractivity contribution in [3.8, 4) is 10.6 Å². The first-order valence-electron chi connectivity index (χ1n) is 7.21. The zero-order valence-electron chi connectivity index (χ0n) is 13.2. The van der Waals surface area contributed by atoms with Crippen molar-refractivity contribution >= 4 is 28.3 Å². The molecule has 7 heteroatoms. The SMILES string of the molecule is COCCNC(=O)c1cc(-c2ccc(C)s2)nc2onc(C)c12. The highest BCUT2D eigenvalue weighted by Gasteiger charge is 2.19. The zero-order chi connectivity index (χ0) is 16.4. The molecule has 0 aliphatic carbocycles. The lowest BCUT2D eigenvalue weighted by molar-refractivity contribution is 0.0938. The molecule has 0 fully saturated rings. The molecule has 0 bridgehead atoms. The van der Waals surface area contributed by atoms with Crippen molar-refractivity contribution in [1.82, 2.24) is 15.5 Å². The Morgan fingerprint density at radius 2 is 2.22 bits per heavy atom. The van der Waals surface area contributed by atoms with Crippen molar-refractivity contribution in [2.75, 3.05) is 20.3 Å². The number of aromatic nitrogens is 2. The van der Waals surface area contributed by atoms with Crippen LogP contribution in [0.5, 0.6) is 0 Å². The average molecular weight is 331 g/mol. The summed E-state index contributed by atoms with van der Waals surface area (Å²) in [6.07, 6.45) is 0. The van der Waals surface area contributed by atoms with Crippen LogP contribution in [-0.4, -0.2) is 36.3 Å². The molecule has 0 atom stereocenters. The van der Waals surface area contributed by atoms with E-state index >= 15 is 0 Å². The van der Waals surface area contributed by atoms with E-state index in [-0.39, 0.29) is 5.91 Å². The summed E-state index contributed by atoms with van der Waals surface area (Å²) in [6.45, 7) is 4.73. The number of thiophene rings is 1. The number of carbonyl (C=O) groups excluding carboxylic acids is 1. The molecule has 3 rings (SSSR count). The normalized spacial score (nSPS) is 11.1. The molecule has 0 aliphatic rings. The molecule has 3 heterocycles. The second-order valence-corrected chi connectivity index (χ2v) is 6.45. The van der Waals surface area contributed by atoms with Crippen LogP contribution in [0, 0.1) is 13.8 Å². The number of pyridine rings is 1. The van der Waals surface area contributed by atoms with Crippen LogP contribution in [0.3, 0.4) is 0 Å². The maximum Gasteiger partial charge on any atom is 0.259 e. The van der Waals surface area contributed by atoms with E-state index in [0.717, 1.165) is 4.88 Å². The lowest BCUT2D eigenvalue weighted by atomic mass is 10.1. The second kappa shape index (κ2) is 6.47. The van der Waals surface area contributed by atoms with E-state index < -0.39 is 0 Å². The second-order valence-electron chi connectivity index (χ2n) is 5.16. The Bertz CT molecular complexity index is 853. The van der Waals surface area contributed by atoms with Gasteiger partial charge in [0, 0.05) is 18.5 Å². The summed E-state index contributed by atoms with van der Waals surface area (Å²) in [4.78, 5) is 19.2. The quantitative estimate of drug-likeness (QED) is 0.727. The minimum atomic E-state index is -0.185. The molecule has 0 radical (unpaired) electrons. The maximum absolute atomic E-state index is 12.5. The van der Waals surface area contributed by atoms with Crippen LogP contribution < -0.4 is 5.32 Å². The van der Waals surface area contributed by atoms with Gasteiger partial charge in [0.1, 0.15) is 0 Å². The van der Waals surface area contributed by atoms with E-state index in [1.165, 1.54) is 4.88 Å². The van der Waals surface area contributed by atoms with Gasteiger partial charge < -0.3 is 14.6 Å². The molecule has 0 saturated heterocycles. The summed E-state index contributed by atoms with van der Waals surface area (Å²) >= 11 is 1.62. The maximum atomic E-state index is 12.5. The molecule has 0 spiro atoms. The monoisotopic (exact) mass is 331 g/mol. The Kier molecular flexibility index (Phi) is 4.40. The van der Waals surface area contributed by atoms with Gasteiger partial charge in [0.2, 0.25) is 0 Å². The highest BCUT2D eigenvalue weighted by Crippen LogP contribution is 2.30. The number of methoxy groups -OCH3 is 1. The molecule has 3 aromatic heterocycles. The molecule has 3 aromatic rings. The van der Waals surface area contributed by atoms with Crippen molar-refractivity contribution in [2.45, 2.75) is 13.8 Å². The van der Waals surface area contributed by atoms with Crippen molar-refractivity contribution in [3.05, 3.63) is 34.3 Å². The fourth-order valence-electron chi connectivity index (χ4n) is 2.33. The van der Waals surface area contributed by atoms with Crippen LogP contribution in [0.2, 0.25) is 0 Å². The first-order chi connectivity index (χ1) is 11.1. The number of hydrogen-bond donors (Lipinski definition) is 1. The number of ether oxygens (including phenoxy) is 1. The molecular formula is C16H17N3O3S. The van der Waals surface area contributed by atoms with Gasteiger partial charge in [-0.25, -0.2) is 4.98 Å². The predicted octanol–water partition coefficient (Wildman–Crippen LogP) is 2.94. The number of carbonyl (C=O) groups is 1. The third-order valence-corrected chi connectivity index (χ3v) is 4.47.